The molecule has 0 aliphatic carbocycles. The van der Waals surface area contributed by atoms with Crippen molar-refractivity contribution in [2.24, 2.45) is 0 Å². The molecule has 0 saturated carbocycles. The molecule has 1 aliphatic heterocycles. The topological polar surface area (TPSA) is 56.5 Å². The summed E-state index contributed by atoms with van der Waals surface area (Å²) in [5.41, 5.74) is -2.26. The summed E-state index contributed by atoms with van der Waals surface area (Å²) in [5, 5.41) is 18.3. The molecule has 23 heavy (non-hydrogen) atoms. The Labute approximate surface area is 126 Å². The first-order chi connectivity index (χ1) is 10.5. The van der Waals surface area contributed by atoms with Crippen LogP contribution in [0.4, 0.5) is 32.0 Å². The second kappa shape index (κ2) is 5.90. The van der Waals surface area contributed by atoms with E-state index in [1.165, 1.54) is 6.07 Å². The van der Waals surface area contributed by atoms with Crippen molar-refractivity contribution in [2.45, 2.75) is 31.2 Å². The number of anilines is 1. The molecule has 0 radical (unpaired) electrons. The van der Waals surface area contributed by atoms with E-state index >= 15 is 0 Å². The lowest BCUT2D eigenvalue weighted by Gasteiger charge is -2.28. The summed E-state index contributed by atoms with van der Waals surface area (Å²) < 4.78 is 81.0. The maximum absolute atomic E-state index is 12.9. The molecule has 0 aromatic heterocycles. The van der Waals surface area contributed by atoms with Gasteiger partial charge in [-0.25, -0.2) is 0 Å². The van der Waals surface area contributed by atoms with Crippen LogP contribution in [0.5, 0.6) is 0 Å². The Hall–Kier alpha value is -1.99. The molecule has 1 heterocycles. The number of hydrogen-bond acceptors (Lipinski definition) is 4. The fourth-order valence-corrected chi connectivity index (χ4v) is 2.33. The highest BCUT2D eigenvalue weighted by atomic mass is 19.4. The van der Waals surface area contributed by atoms with Crippen LogP contribution in [0.15, 0.2) is 18.2 Å². The smallest absolute Gasteiger partial charge is 0.351 e. The van der Waals surface area contributed by atoms with Gasteiger partial charge in [-0.2, -0.15) is 31.6 Å². The molecule has 1 aliphatic rings. The molecule has 2 atom stereocenters. The van der Waals surface area contributed by atoms with Gasteiger partial charge in [-0.3, -0.25) is 0 Å². The Bertz CT molecular complexity index is 622. The largest absolute Gasteiger partial charge is 0.417 e. The van der Waals surface area contributed by atoms with E-state index in [1.54, 1.807) is 0 Å². The quantitative estimate of drug-likeness (QED) is 0.841. The molecule has 1 unspecified atom stereocenters. The van der Waals surface area contributed by atoms with Crippen LogP contribution < -0.4 is 4.90 Å². The van der Waals surface area contributed by atoms with Gasteiger partial charge in [-0.1, -0.05) is 0 Å². The minimum absolute atomic E-state index is 0.310. The zero-order chi connectivity index (χ0) is 17.4. The molecule has 1 saturated heterocycles. The summed E-state index contributed by atoms with van der Waals surface area (Å²) in [7, 11) is 0. The van der Waals surface area contributed by atoms with E-state index in [4.69, 9.17) is 10.00 Å². The highest BCUT2D eigenvalue weighted by Gasteiger charge is 2.42. The van der Waals surface area contributed by atoms with Gasteiger partial charge < -0.3 is 14.7 Å². The van der Waals surface area contributed by atoms with Gasteiger partial charge in [0.25, 0.3) is 0 Å². The van der Waals surface area contributed by atoms with E-state index in [9.17, 15) is 31.4 Å². The lowest BCUT2D eigenvalue weighted by molar-refractivity contribution is -0.139. The second-order valence-electron chi connectivity index (χ2n) is 4.88. The lowest BCUT2D eigenvalue weighted by atomic mass is 10.1. The van der Waals surface area contributed by atoms with E-state index in [2.05, 4.69) is 0 Å². The number of hydrogen-bond donors (Lipinski definition) is 1. The monoisotopic (exact) mass is 340 g/mol. The molecule has 1 aromatic rings. The number of aliphatic hydroxyl groups is 1. The van der Waals surface area contributed by atoms with E-state index in [1.807, 2.05) is 0 Å². The number of ether oxygens (including phenoxy) is 1. The number of rotatable bonds is 2. The van der Waals surface area contributed by atoms with Crippen molar-refractivity contribution in [1.82, 2.24) is 0 Å². The third kappa shape index (κ3) is 3.86. The molecule has 1 N–H and O–H groups in total. The van der Waals surface area contributed by atoms with Crippen molar-refractivity contribution in [3.63, 3.8) is 0 Å². The molecule has 1 aromatic carbocycles. The predicted octanol–water partition coefficient (Wildman–Crippen LogP) is 3.01. The highest BCUT2D eigenvalue weighted by Crippen LogP contribution is 2.37. The summed E-state index contributed by atoms with van der Waals surface area (Å²) >= 11 is 0. The van der Waals surface area contributed by atoms with Crippen LogP contribution in [-0.2, 0) is 10.9 Å². The van der Waals surface area contributed by atoms with Crippen LogP contribution in [0, 0.1) is 11.3 Å². The number of alkyl halides is 6. The molecule has 1 fully saturated rings. The van der Waals surface area contributed by atoms with Gasteiger partial charge in [0.2, 0.25) is 6.41 Å². The van der Waals surface area contributed by atoms with E-state index in [0.29, 0.717) is 11.0 Å². The Kier molecular flexibility index (Phi) is 4.45. The number of nitrogens with zero attached hydrogens (tertiary/aromatic N) is 2. The maximum atomic E-state index is 12.9. The SMILES string of the molecule is N#Cc1ccc(N2C(O)OC[C@@H]2CC(F)(F)F)cc1C(F)(F)F. The molecule has 10 heteroatoms. The van der Waals surface area contributed by atoms with Gasteiger partial charge in [0.15, 0.2) is 0 Å². The number of nitriles is 1. The van der Waals surface area contributed by atoms with E-state index in [-0.39, 0.29) is 5.69 Å². The fourth-order valence-electron chi connectivity index (χ4n) is 2.33. The van der Waals surface area contributed by atoms with Gasteiger partial charge in [-0.05, 0) is 18.2 Å². The molecule has 2 rings (SSSR count). The van der Waals surface area contributed by atoms with E-state index in [0.717, 1.165) is 12.1 Å². The van der Waals surface area contributed by atoms with Crippen LogP contribution in [-0.4, -0.2) is 30.3 Å². The number of aliphatic hydroxyl groups excluding tert-OH is 1. The van der Waals surface area contributed by atoms with Gasteiger partial charge in [0.1, 0.15) is 0 Å². The van der Waals surface area contributed by atoms with Crippen LogP contribution in [0.3, 0.4) is 0 Å². The van der Waals surface area contributed by atoms with Crippen LogP contribution in [0.1, 0.15) is 17.5 Å². The Morgan fingerprint density at radius 2 is 1.91 bits per heavy atom. The van der Waals surface area contributed by atoms with Crippen molar-refractivity contribution >= 4 is 5.69 Å². The van der Waals surface area contributed by atoms with Crippen molar-refractivity contribution in [2.75, 3.05) is 11.5 Å². The zero-order valence-corrected chi connectivity index (χ0v) is 11.3. The van der Waals surface area contributed by atoms with Gasteiger partial charge in [0.05, 0.1) is 36.3 Å². The average Bonchev–Trinajstić information content (AvgIpc) is 2.76. The molecule has 0 spiro atoms. The summed E-state index contributed by atoms with van der Waals surface area (Å²) in [5.74, 6) is 0. The Balaban J connectivity index is 2.41. The lowest BCUT2D eigenvalue weighted by Crippen LogP contribution is -2.39. The van der Waals surface area contributed by atoms with Crippen molar-refractivity contribution < 1.29 is 36.2 Å². The van der Waals surface area contributed by atoms with E-state index < -0.39 is 49.0 Å². The first-order valence-corrected chi connectivity index (χ1v) is 6.29. The van der Waals surface area contributed by atoms with Crippen LogP contribution in [0.2, 0.25) is 0 Å². The van der Waals surface area contributed by atoms with Crippen molar-refractivity contribution in [1.29, 1.82) is 5.26 Å². The molecule has 4 nitrogen and oxygen atoms in total. The Morgan fingerprint density at radius 1 is 1.26 bits per heavy atom. The highest BCUT2D eigenvalue weighted by molar-refractivity contribution is 5.56. The zero-order valence-electron chi connectivity index (χ0n) is 11.3. The standard InChI is InChI=1S/C13H10F6N2O2/c14-12(15,16)4-9-6-23-11(22)21(9)8-2-1-7(5-20)10(3-8)13(17,18)19/h1-3,9,11,22H,4,6H2/t9-,11?/m0/s1. The van der Waals surface area contributed by atoms with Crippen LogP contribution in [0.25, 0.3) is 0 Å². The Morgan fingerprint density at radius 3 is 2.43 bits per heavy atom. The summed E-state index contributed by atoms with van der Waals surface area (Å²) in [6, 6.07) is 2.41. The minimum Gasteiger partial charge on any atom is -0.351 e. The number of benzene rings is 1. The third-order valence-corrected chi connectivity index (χ3v) is 3.26. The first kappa shape index (κ1) is 17.4. The summed E-state index contributed by atoms with van der Waals surface area (Å²) in [6.45, 7) is -0.484. The van der Waals surface area contributed by atoms with Crippen molar-refractivity contribution in [3.8, 4) is 6.07 Å². The summed E-state index contributed by atoms with van der Waals surface area (Å²) in [6.07, 6.45) is -12.6. The fraction of sp³-hybridized carbons (Fsp3) is 0.462. The molecule has 0 amide bonds. The predicted molar refractivity (Wildman–Crippen MR) is 65.1 cm³/mol. The van der Waals surface area contributed by atoms with Crippen LogP contribution >= 0.6 is 0 Å². The molecular weight excluding hydrogens is 330 g/mol. The average molecular weight is 340 g/mol. The molecule has 126 valence electrons. The van der Waals surface area contributed by atoms with Gasteiger partial charge in [-0.15, -0.1) is 0 Å². The number of halogens is 6. The third-order valence-electron chi connectivity index (χ3n) is 3.26. The van der Waals surface area contributed by atoms with Gasteiger partial charge in [0, 0.05) is 5.69 Å². The van der Waals surface area contributed by atoms with Crippen molar-refractivity contribution in [3.05, 3.63) is 29.3 Å². The minimum atomic E-state index is -4.86. The maximum Gasteiger partial charge on any atom is 0.417 e. The summed E-state index contributed by atoms with van der Waals surface area (Å²) in [4.78, 5) is 0.712. The molecule has 0 bridgehead atoms. The van der Waals surface area contributed by atoms with Gasteiger partial charge >= 0.3 is 12.4 Å². The molecular formula is C13H10F6N2O2. The second-order valence-corrected chi connectivity index (χ2v) is 4.88. The first-order valence-electron chi connectivity index (χ1n) is 6.29. The normalized spacial score (nSPS) is 22.3.